The topological polar surface area (TPSA) is 89.6 Å². The largest absolute Gasteiger partial charge is 0.508 e. The Morgan fingerprint density at radius 1 is 1.38 bits per heavy atom. The number of para-hydroxylation sites is 1. The molecule has 0 amide bonds. The second kappa shape index (κ2) is 3.73. The molecule has 0 aromatic heterocycles. The van der Waals surface area contributed by atoms with Crippen LogP contribution in [0.25, 0.3) is 0 Å². The second-order valence-corrected chi connectivity index (χ2v) is 3.61. The van der Waals surface area contributed by atoms with Gasteiger partial charge in [0.2, 0.25) is 0 Å². The summed E-state index contributed by atoms with van der Waals surface area (Å²) in [4.78, 5) is 0. The summed E-state index contributed by atoms with van der Waals surface area (Å²) in [5.74, 6) is -0.0221. The number of benzene rings is 1. The van der Waals surface area contributed by atoms with Crippen molar-refractivity contribution in [1.29, 1.82) is 0 Å². The Balaban J connectivity index is 2.71. The molecule has 1 rings (SSSR count). The summed E-state index contributed by atoms with van der Waals surface area (Å²) in [6, 6.07) is 6.25. The third kappa shape index (κ3) is 3.41. The summed E-state index contributed by atoms with van der Waals surface area (Å²) in [7, 11) is -3.95. The zero-order valence-electron chi connectivity index (χ0n) is 6.67. The third-order valence-electron chi connectivity index (χ3n) is 1.37. The van der Waals surface area contributed by atoms with E-state index in [4.69, 9.17) is 0 Å². The molecule has 5 nitrogen and oxygen atoms in total. The van der Waals surface area contributed by atoms with Gasteiger partial charge in [-0.15, -0.1) is 0 Å². The Bertz CT molecular complexity index is 387. The van der Waals surface area contributed by atoms with Crippen LogP contribution >= 0.6 is 0 Å². The van der Waals surface area contributed by atoms with E-state index < -0.39 is 10.3 Å². The lowest BCUT2D eigenvalue weighted by Gasteiger charge is -2.02. The maximum Gasteiger partial charge on any atom is 0.333 e. The highest BCUT2D eigenvalue weighted by Crippen LogP contribution is 2.16. The van der Waals surface area contributed by atoms with Crippen LogP contribution < -0.4 is 5.14 Å². The van der Waals surface area contributed by atoms with E-state index in [1.807, 2.05) is 0 Å². The Morgan fingerprint density at radius 3 is 2.54 bits per heavy atom. The van der Waals surface area contributed by atoms with Crippen molar-refractivity contribution in [3.63, 3.8) is 0 Å². The van der Waals surface area contributed by atoms with E-state index in [1.54, 1.807) is 18.2 Å². The number of phenolic OH excluding ortho intramolecular Hbond substituents is 1. The van der Waals surface area contributed by atoms with Crippen molar-refractivity contribution in [2.45, 2.75) is 6.61 Å². The SMILES string of the molecule is NS(=O)(=O)OCc1ccccc1O. The molecule has 0 saturated carbocycles. The number of hydrogen-bond donors (Lipinski definition) is 2. The van der Waals surface area contributed by atoms with Gasteiger partial charge in [-0.2, -0.15) is 8.42 Å². The van der Waals surface area contributed by atoms with Crippen LogP contribution in [-0.2, 0) is 21.1 Å². The van der Waals surface area contributed by atoms with Crippen LogP contribution in [0.4, 0.5) is 0 Å². The first-order chi connectivity index (χ1) is 5.99. The molecule has 0 aliphatic rings. The quantitative estimate of drug-likeness (QED) is 0.729. The zero-order chi connectivity index (χ0) is 9.90. The molecule has 0 unspecified atom stereocenters. The molecule has 1 aromatic rings. The summed E-state index contributed by atoms with van der Waals surface area (Å²) < 4.78 is 25.1. The van der Waals surface area contributed by atoms with Gasteiger partial charge in [-0.05, 0) is 6.07 Å². The lowest BCUT2D eigenvalue weighted by molar-refractivity contribution is 0.302. The Kier molecular flexibility index (Phi) is 2.86. The highest BCUT2D eigenvalue weighted by atomic mass is 32.2. The first-order valence-corrected chi connectivity index (χ1v) is 4.90. The van der Waals surface area contributed by atoms with Crippen LogP contribution in [0.15, 0.2) is 24.3 Å². The molecule has 0 bridgehead atoms. The molecule has 13 heavy (non-hydrogen) atoms. The predicted octanol–water partition coefficient (Wildman–Crippen LogP) is 0.112. The maximum atomic E-state index is 10.4. The van der Waals surface area contributed by atoms with Gasteiger partial charge in [0.05, 0.1) is 6.61 Å². The molecule has 0 heterocycles. The molecule has 72 valence electrons. The molecule has 0 saturated heterocycles. The van der Waals surface area contributed by atoms with Crippen LogP contribution in [0.3, 0.4) is 0 Å². The predicted molar refractivity (Wildman–Crippen MR) is 46.0 cm³/mol. The summed E-state index contributed by atoms with van der Waals surface area (Å²) in [5, 5.41) is 13.8. The third-order valence-corrected chi connectivity index (χ3v) is 1.82. The van der Waals surface area contributed by atoms with Gasteiger partial charge in [-0.3, -0.25) is 4.18 Å². The molecule has 3 N–H and O–H groups in total. The summed E-state index contributed by atoms with van der Waals surface area (Å²) in [6.07, 6.45) is 0. The lowest BCUT2D eigenvalue weighted by atomic mass is 10.2. The standard InChI is InChI=1S/C7H9NO4S/c8-13(10,11)12-5-6-3-1-2-4-7(6)9/h1-4,9H,5H2,(H2,8,10,11). The number of nitrogens with two attached hydrogens (primary N) is 1. The highest BCUT2D eigenvalue weighted by molar-refractivity contribution is 7.84. The molecule has 0 spiro atoms. The molecule has 1 aromatic carbocycles. The molecule has 6 heteroatoms. The normalized spacial score (nSPS) is 11.5. The van der Waals surface area contributed by atoms with Gasteiger partial charge < -0.3 is 5.11 Å². The van der Waals surface area contributed by atoms with E-state index in [2.05, 4.69) is 9.32 Å². The average Bonchev–Trinajstić information content (AvgIpc) is 2.01. The molecule has 0 aliphatic heterocycles. The second-order valence-electron chi connectivity index (χ2n) is 2.38. The van der Waals surface area contributed by atoms with Gasteiger partial charge in [0, 0.05) is 5.56 Å². The van der Waals surface area contributed by atoms with E-state index in [0.29, 0.717) is 5.56 Å². The van der Waals surface area contributed by atoms with Gasteiger partial charge >= 0.3 is 10.3 Å². The maximum absolute atomic E-state index is 10.4. The first-order valence-electron chi connectivity index (χ1n) is 3.43. The number of phenols is 1. The van der Waals surface area contributed by atoms with Gasteiger partial charge in [-0.25, -0.2) is 5.14 Å². The van der Waals surface area contributed by atoms with E-state index in [1.165, 1.54) is 6.07 Å². The van der Waals surface area contributed by atoms with Crippen molar-refractivity contribution in [3.05, 3.63) is 29.8 Å². The van der Waals surface area contributed by atoms with Gasteiger partial charge in [0.1, 0.15) is 5.75 Å². The van der Waals surface area contributed by atoms with E-state index in [0.717, 1.165) is 0 Å². The monoisotopic (exact) mass is 203 g/mol. The van der Waals surface area contributed by atoms with Gasteiger partial charge in [-0.1, -0.05) is 18.2 Å². The van der Waals surface area contributed by atoms with Gasteiger partial charge in [0.15, 0.2) is 0 Å². The fraction of sp³-hybridized carbons (Fsp3) is 0.143. The fourth-order valence-corrected chi connectivity index (χ4v) is 1.07. The highest BCUT2D eigenvalue weighted by Gasteiger charge is 2.05. The van der Waals surface area contributed by atoms with Crippen molar-refractivity contribution >= 4 is 10.3 Å². The van der Waals surface area contributed by atoms with Crippen LogP contribution in [0.1, 0.15) is 5.56 Å². The zero-order valence-corrected chi connectivity index (χ0v) is 7.49. The minimum absolute atomic E-state index is 0.0221. The number of aromatic hydroxyl groups is 1. The summed E-state index contributed by atoms with van der Waals surface area (Å²) >= 11 is 0. The fourth-order valence-electron chi connectivity index (χ4n) is 0.778. The first kappa shape index (κ1) is 9.97. The molecular formula is C7H9NO4S. The average molecular weight is 203 g/mol. The van der Waals surface area contributed by atoms with Crippen LogP contribution in [-0.4, -0.2) is 13.5 Å². The van der Waals surface area contributed by atoms with Crippen LogP contribution in [0, 0.1) is 0 Å². The molecule has 0 atom stereocenters. The molecular weight excluding hydrogens is 194 g/mol. The Hall–Kier alpha value is -1.11. The molecule has 0 aliphatic carbocycles. The van der Waals surface area contributed by atoms with Crippen molar-refractivity contribution in [2.75, 3.05) is 0 Å². The molecule has 0 fully saturated rings. The lowest BCUT2D eigenvalue weighted by Crippen LogP contribution is -2.15. The van der Waals surface area contributed by atoms with E-state index in [9.17, 15) is 13.5 Å². The van der Waals surface area contributed by atoms with Gasteiger partial charge in [0.25, 0.3) is 0 Å². The minimum atomic E-state index is -3.95. The molecule has 0 radical (unpaired) electrons. The van der Waals surface area contributed by atoms with Crippen molar-refractivity contribution in [2.24, 2.45) is 5.14 Å². The summed E-state index contributed by atoms with van der Waals surface area (Å²) in [6.45, 7) is -0.258. The smallest absolute Gasteiger partial charge is 0.333 e. The van der Waals surface area contributed by atoms with Crippen molar-refractivity contribution in [1.82, 2.24) is 0 Å². The number of hydrogen-bond acceptors (Lipinski definition) is 4. The summed E-state index contributed by atoms with van der Waals surface area (Å²) in [5.41, 5.74) is 0.372. The van der Waals surface area contributed by atoms with E-state index >= 15 is 0 Å². The van der Waals surface area contributed by atoms with Crippen molar-refractivity contribution in [3.8, 4) is 5.75 Å². The number of rotatable bonds is 3. The van der Waals surface area contributed by atoms with Crippen LogP contribution in [0.2, 0.25) is 0 Å². The Labute approximate surface area is 76.0 Å². The van der Waals surface area contributed by atoms with Crippen molar-refractivity contribution < 1.29 is 17.7 Å². The van der Waals surface area contributed by atoms with Crippen LogP contribution in [0.5, 0.6) is 5.75 Å². The minimum Gasteiger partial charge on any atom is -0.508 e. The Morgan fingerprint density at radius 2 is 2.00 bits per heavy atom. The van der Waals surface area contributed by atoms with E-state index in [-0.39, 0.29) is 12.4 Å².